The maximum absolute atomic E-state index is 11.9. The molecule has 0 unspecified atom stereocenters. The van der Waals surface area contributed by atoms with E-state index in [0.29, 0.717) is 12.6 Å². The number of rotatable bonds is 7. The number of carbonyl (C=O) groups excluding carboxylic acids is 2. The molecule has 5 nitrogen and oxygen atoms in total. The van der Waals surface area contributed by atoms with E-state index in [9.17, 15) is 9.59 Å². The summed E-state index contributed by atoms with van der Waals surface area (Å²) in [7, 11) is 0. The maximum Gasteiger partial charge on any atom is 0.315 e. The van der Waals surface area contributed by atoms with Crippen LogP contribution >= 0.6 is 0 Å². The summed E-state index contributed by atoms with van der Waals surface area (Å²) in [5.41, 5.74) is 0. The van der Waals surface area contributed by atoms with Crippen molar-refractivity contribution in [2.24, 2.45) is 0 Å². The van der Waals surface area contributed by atoms with Crippen LogP contribution in [0.4, 0.5) is 4.79 Å². The van der Waals surface area contributed by atoms with E-state index < -0.39 is 6.04 Å². The SMILES string of the molecule is CCCCCNC(=O)N[C@@H](C)C(=O)NC1CCCC1. The summed E-state index contributed by atoms with van der Waals surface area (Å²) in [4.78, 5) is 23.4. The smallest absolute Gasteiger partial charge is 0.315 e. The number of hydrogen-bond donors (Lipinski definition) is 3. The summed E-state index contributed by atoms with van der Waals surface area (Å²) in [6.07, 6.45) is 7.70. The lowest BCUT2D eigenvalue weighted by molar-refractivity contribution is -0.123. The fraction of sp³-hybridized carbons (Fsp3) is 0.857. The van der Waals surface area contributed by atoms with Crippen molar-refractivity contribution in [1.82, 2.24) is 16.0 Å². The molecule has 1 rings (SSSR count). The zero-order valence-electron chi connectivity index (χ0n) is 12.1. The van der Waals surface area contributed by atoms with E-state index in [0.717, 1.165) is 32.1 Å². The van der Waals surface area contributed by atoms with E-state index in [1.807, 2.05) is 0 Å². The molecule has 1 aliphatic rings. The van der Waals surface area contributed by atoms with Crippen LogP contribution in [0.25, 0.3) is 0 Å². The Labute approximate surface area is 115 Å². The first-order valence-electron chi connectivity index (χ1n) is 7.48. The van der Waals surface area contributed by atoms with E-state index in [1.54, 1.807) is 6.92 Å². The van der Waals surface area contributed by atoms with Gasteiger partial charge in [0.2, 0.25) is 5.91 Å². The van der Waals surface area contributed by atoms with Gasteiger partial charge in [0.15, 0.2) is 0 Å². The first kappa shape index (κ1) is 15.8. The molecule has 3 N–H and O–H groups in total. The molecule has 0 aromatic rings. The van der Waals surface area contributed by atoms with Gasteiger partial charge in [-0.15, -0.1) is 0 Å². The van der Waals surface area contributed by atoms with Gasteiger partial charge in [-0.25, -0.2) is 4.79 Å². The fourth-order valence-electron chi connectivity index (χ4n) is 2.29. The largest absolute Gasteiger partial charge is 0.352 e. The van der Waals surface area contributed by atoms with Crippen LogP contribution in [0.2, 0.25) is 0 Å². The predicted octanol–water partition coefficient (Wildman–Crippen LogP) is 1.92. The van der Waals surface area contributed by atoms with Crippen LogP contribution in [0.1, 0.15) is 58.8 Å². The number of amides is 3. The lowest BCUT2D eigenvalue weighted by atomic mass is 10.2. The molecule has 0 bridgehead atoms. The number of carbonyl (C=O) groups is 2. The Morgan fingerprint density at radius 3 is 2.53 bits per heavy atom. The molecular formula is C14H27N3O2. The summed E-state index contributed by atoms with van der Waals surface area (Å²) in [5.74, 6) is -0.0874. The molecule has 1 fully saturated rings. The van der Waals surface area contributed by atoms with Crippen LogP contribution in [0.5, 0.6) is 0 Å². The highest BCUT2D eigenvalue weighted by Crippen LogP contribution is 2.17. The van der Waals surface area contributed by atoms with E-state index >= 15 is 0 Å². The number of hydrogen-bond acceptors (Lipinski definition) is 2. The van der Waals surface area contributed by atoms with Crippen molar-refractivity contribution in [3.63, 3.8) is 0 Å². The Kier molecular flexibility index (Phi) is 7.30. The molecule has 3 amide bonds. The molecule has 0 saturated heterocycles. The summed E-state index contributed by atoms with van der Waals surface area (Å²) in [6, 6.07) is -0.443. The van der Waals surface area contributed by atoms with Crippen molar-refractivity contribution < 1.29 is 9.59 Å². The van der Waals surface area contributed by atoms with Gasteiger partial charge in [-0.1, -0.05) is 32.6 Å². The highest BCUT2D eigenvalue weighted by Gasteiger charge is 2.21. The van der Waals surface area contributed by atoms with Crippen molar-refractivity contribution in [3.05, 3.63) is 0 Å². The minimum absolute atomic E-state index is 0.0874. The number of urea groups is 1. The van der Waals surface area contributed by atoms with E-state index in [-0.39, 0.29) is 11.9 Å². The highest BCUT2D eigenvalue weighted by atomic mass is 16.2. The van der Waals surface area contributed by atoms with Gasteiger partial charge < -0.3 is 16.0 Å². The van der Waals surface area contributed by atoms with Gasteiger partial charge in [-0.05, 0) is 26.2 Å². The summed E-state index contributed by atoms with van der Waals surface area (Å²) in [6.45, 7) is 4.50. The lowest BCUT2D eigenvalue weighted by Gasteiger charge is -2.18. The Hall–Kier alpha value is -1.26. The van der Waals surface area contributed by atoms with Crippen molar-refractivity contribution in [2.75, 3.05) is 6.54 Å². The highest BCUT2D eigenvalue weighted by molar-refractivity contribution is 5.86. The summed E-state index contributed by atoms with van der Waals surface area (Å²) in [5, 5.41) is 8.41. The molecule has 1 saturated carbocycles. The van der Waals surface area contributed by atoms with Crippen LogP contribution in [-0.2, 0) is 4.79 Å². The lowest BCUT2D eigenvalue weighted by Crippen LogP contribution is -2.50. The maximum atomic E-state index is 11.9. The van der Waals surface area contributed by atoms with Gasteiger partial charge in [-0.2, -0.15) is 0 Å². The van der Waals surface area contributed by atoms with Crippen molar-refractivity contribution in [2.45, 2.75) is 70.9 Å². The average Bonchev–Trinajstić information content (AvgIpc) is 2.87. The minimum Gasteiger partial charge on any atom is -0.352 e. The molecule has 0 radical (unpaired) electrons. The normalized spacial score (nSPS) is 16.9. The van der Waals surface area contributed by atoms with Gasteiger partial charge in [0.05, 0.1) is 0 Å². The van der Waals surface area contributed by atoms with Crippen molar-refractivity contribution >= 4 is 11.9 Å². The Morgan fingerprint density at radius 2 is 1.89 bits per heavy atom. The second-order valence-corrected chi connectivity index (χ2v) is 5.32. The van der Waals surface area contributed by atoms with Crippen LogP contribution < -0.4 is 16.0 Å². The topological polar surface area (TPSA) is 70.2 Å². The molecular weight excluding hydrogens is 242 g/mol. The standard InChI is InChI=1S/C14H27N3O2/c1-3-4-7-10-15-14(19)16-11(2)13(18)17-12-8-5-6-9-12/h11-12H,3-10H2,1-2H3,(H,17,18)(H2,15,16,19)/t11-/m0/s1. The van der Waals surface area contributed by atoms with Crippen LogP contribution in [0, 0.1) is 0 Å². The second-order valence-electron chi connectivity index (χ2n) is 5.32. The molecule has 0 aromatic carbocycles. The Morgan fingerprint density at radius 1 is 1.21 bits per heavy atom. The number of nitrogens with one attached hydrogen (secondary N) is 3. The third-order valence-corrected chi connectivity index (χ3v) is 3.51. The molecule has 1 atom stereocenters. The van der Waals surface area contributed by atoms with Crippen molar-refractivity contribution in [3.8, 4) is 0 Å². The molecule has 0 aromatic heterocycles. The minimum atomic E-state index is -0.480. The molecule has 5 heteroatoms. The number of unbranched alkanes of at least 4 members (excludes halogenated alkanes) is 2. The first-order chi connectivity index (χ1) is 9.13. The van der Waals surface area contributed by atoms with E-state index in [2.05, 4.69) is 22.9 Å². The Balaban J connectivity index is 2.15. The fourth-order valence-corrected chi connectivity index (χ4v) is 2.29. The van der Waals surface area contributed by atoms with Gasteiger partial charge >= 0.3 is 6.03 Å². The van der Waals surface area contributed by atoms with Gasteiger partial charge in [-0.3, -0.25) is 4.79 Å². The third kappa shape index (κ3) is 6.45. The summed E-state index contributed by atoms with van der Waals surface area (Å²) < 4.78 is 0. The first-order valence-corrected chi connectivity index (χ1v) is 7.48. The predicted molar refractivity (Wildman–Crippen MR) is 75.9 cm³/mol. The Bertz CT molecular complexity index is 288. The zero-order chi connectivity index (χ0) is 14.1. The molecule has 110 valence electrons. The van der Waals surface area contributed by atoms with Crippen LogP contribution in [0.3, 0.4) is 0 Å². The molecule has 0 aliphatic heterocycles. The molecule has 19 heavy (non-hydrogen) atoms. The molecule has 1 aliphatic carbocycles. The van der Waals surface area contributed by atoms with E-state index in [1.165, 1.54) is 12.8 Å². The van der Waals surface area contributed by atoms with Crippen LogP contribution in [0.15, 0.2) is 0 Å². The quantitative estimate of drug-likeness (QED) is 0.618. The molecule has 0 heterocycles. The molecule has 0 spiro atoms. The summed E-state index contributed by atoms with van der Waals surface area (Å²) >= 11 is 0. The van der Waals surface area contributed by atoms with Crippen LogP contribution in [-0.4, -0.2) is 30.6 Å². The monoisotopic (exact) mass is 269 g/mol. The van der Waals surface area contributed by atoms with Gasteiger partial charge in [0.25, 0.3) is 0 Å². The third-order valence-electron chi connectivity index (χ3n) is 3.51. The van der Waals surface area contributed by atoms with Crippen molar-refractivity contribution in [1.29, 1.82) is 0 Å². The van der Waals surface area contributed by atoms with E-state index in [4.69, 9.17) is 0 Å². The van der Waals surface area contributed by atoms with Gasteiger partial charge in [0, 0.05) is 12.6 Å². The second kappa shape index (κ2) is 8.77. The van der Waals surface area contributed by atoms with Gasteiger partial charge in [0.1, 0.15) is 6.04 Å². The average molecular weight is 269 g/mol. The zero-order valence-corrected chi connectivity index (χ0v) is 12.1.